The van der Waals surface area contributed by atoms with Crippen molar-refractivity contribution in [2.75, 3.05) is 6.54 Å². The van der Waals surface area contributed by atoms with Gasteiger partial charge in [0.2, 0.25) is 0 Å². The molecule has 0 aliphatic heterocycles. The molecule has 4 N–H and O–H groups in total. The van der Waals surface area contributed by atoms with Crippen molar-refractivity contribution in [3.63, 3.8) is 0 Å². The van der Waals surface area contributed by atoms with E-state index in [-0.39, 0.29) is 18.3 Å². The van der Waals surface area contributed by atoms with E-state index < -0.39 is 5.41 Å². The standard InChI is InChI=1S/C11H15BrN4O2/c1-11(2,10(13)16-18)6-15-9(17)8-7(12)4-3-5-14-8/h3-5,18H,6H2,1-2H3,(H2,13,16)(H,15,17). The maximum absolute atomic E-state index is 11.9. The minimum atomic E-state index is -0.633. The van der Waals surface area contributed by atoms with Gasteiger partial charge in [-0.1, -0.05) is 19.0 Å². The molecule has 0 aliphatic rings. The van der Waals surface area contributed by atoms with Crippen LogP contribution in [-0.4, -0.2) is 28.5 Å². The summed E-state index contributed by atoms with van der Waals surface area (Å²) in [4.78, 5) is 15.9. The highest BCUT2D eigenvalue weighted by Gasteiger charge is 2.25. The molecule has 0 atom stereocenters. The molecule has 1 aromatic heterocycles. The monoisotopic (exact) mass is 314 g/mol. The van der Waals surface area contributed by atoms with Gasteiger partial charge in [0.15, 0.2) is 0 Å². The van der Waals surface area contributed by atoms with Crippen LogP contribution >= 0.6 is 15.9 Å². The third kappa shape index (κ3) is 3.43. The molecule has 0 aliphatic carbocycles. The molecular formula is C11H15BrN4O2. The van der Waals surface area contributed by atoms with Gasteiger partial charge in [-0.3, -0.25) is 4.79 Å². The van der Waals surface area contributed by atoms with Crippen LogP contribution in [0.3, 0.4) is 0 Å². The van der Waals surface area contributed by atoms with Crippen LogP contribution in [0.2, 0.25) is 0 Å². The number of nitrogens with two attached hydrogens (primary N) is 1. The Morgan fingerprint density at radius 3 is 2.89 bits per heavy atom. The van der Waals surface area contributed by atoms with Crippen LogP contribution in [0.4, 0.5) is 0 Å². The van der Waals surface area contributed by atoms with E-state index in [9.17, 15) is 4.79 Å². The van der Waals surface area contributed by atoms with Crippen LogP contribution in [0.1, 0.15) is 24.3 Å². The Balaban J connectivity index is 2.71. The van der Waals surface area contributed by atoms with Gasteiger partial charge in [0.1, 0.15) is 11.5 Å². The molecule has 18 heavy (non-hydrogen) atoms. The quantitative estimate of drug-likeness (QED) is 0.338. The van der Waals surface area contributed by atoms with Crippen molar-refractivity contribution in [2.45, 2.75) is 13.8 Å². The first kappa shape index (κ1) is 14.4. The summed E-state index contributed by atoms with van der Waals surface area (Å²) in [6, 6.07) is 3.46. The number of carbonyl (C=O) groups excluding carboxylic acids is 1. The Morgan fingerprint density at radius 2 is 2.33 bits per heavy atom. The zero-order valence-corrected chi connectivity index (χ0v) is 11.7. The Hall–Kier alpha value is -1.63. The fourth-order valence-corrected chi connectivity index (χ4v) is 1.60. The maximum Gasteiger partial charge on any atom is 0.271 e. The van der Waals surface area contributed by atoms with Gasteiger partial charge in [-0.2, -0.15) is 0 Å². The van der Waals surface area contributed by atoms with Crippen LogP contribution in [0.15, 0.2) is 28.0 Å². The lowest BCUT2D eigenvalue weighted by Gasteiger charge is -2.23. The number of hydrogen-bond donors (Lipinski definition) is 3. The van der Waals surface area contributed by atoms with Gasteiger partial charge in [0.25, 0.3) is 5.91 Å². The molecule has 0 bridgehead atoms. The third-order valence-corrected chi connectivity index (χ3v) is 3.11. The Morgan fingerprint density at radius 1 is 1.67 bits per heavy atom. The lowest BCUT2D eigenvalue weighted by Crippen LogP contribution is -2.42. The van der Waals surface area contributed by atoms with Gasteiger partial charge >= 0.3 is 0 Å². The summed E-state index contributed by atoms with van der Waals surface area (Å²) in [5.41, 5.74) is 5.19. The lowest BCUT2D eigenvalue weighted by molar-refractivity contribution is 0.0938. The predicted octanol–water partition coefficient (Wildman–Crippen LogP) is 1.35. The third-order valence-electron chi connectivity index (χ3n) is 2.47. The molecule has 0 radical (unpaired) electrons. The highest BCUT2D eigenvalue weighted by atomic mass is 79.9. The molecule has 0 aromatic carbocycles. The van der Waals surface area contributed by atoms with E-state index in [1.807, 2.05) is 0 Å². The molecule has 1 aromatic rings. The summed E-state index contributed by atoms with van der Waals surface area (Å²) in [7, 11) is 0. The number of carbonyl (C=O) groups is 1. The summed E-state index contributed by atoms with van der Waals surface area (Å²) in [6.07, 6.45) is 1.54. The first-order chi connectivity index (χ1) is 8.38. The lowest BCUT2D eigenvalue weighted by atomic mass is 9.92. The van der Waals surface area contributed by atoms with Crippen molar-refractivity contribution in [3.05, 3.63) is 28.5 Å². The average molecular weight is 315 g/mol. The normalized spacial score (nSPS) is 12.3. The fraction of sp³-hybridized carbons (Fsp3) is 0.364. The van der Waals surface area contributed by atoms with Gasteiger partial charge < -0.3 is 16.3 Å². The van der Waals surface area contributed by atoms with Crippen LogP contribution < -0.4 is 11.1 Å². The number of hydrogen-bond acceptors (Lipinski definition) is 4. The molecule has 98 valence electrons. The predicted molar refractivity (Wildman–Crippen MR) is 71.5 cm³/mol. The molecule has 1 amide bonds. The molecule has 7 heteroatoms. The van der Waals surface area contributed by atoms with Crippen molar-refractivity contribution in [1.82, 2.24) is 10.3 Å². The first-order valence-corrected chi connectivity index (χ1v) is 6.04. The molecule has 0 unspecified atom stereocenters. The molecule has 0 saturated heterocycles. The largest absolute Gasteiger partial charge is 0.409 e. The molecule has 6 nitrogen and oxygen atoms in total. The zero-order valence-electron chi connectivity index (χ0n) is 10.1. The molecule has 0 fully saturated rings. The van der Waals surface area contributed by atoms with Crippen LogP contribution in [0.5, 0.6) is 0 Å². The number of aromatic nitrogens is 1. The number of pyridine rings is 1. The van der Waals surface area contributed by atoms with Crippen LogP contribution in [-0.2, 0) is 0 Å². The zero-order chi connectivity index (χ0) is 13.8. The van der Waals surface area contributed by atoms with E-state index in [1.54, 1.807) is 26.0 Å². The van der Waals surface area contributed by atoms with E-state index in [1.165, 1.54) is 6.20 Å². The van der Waals surface area contributed by atoms with Crippen molar-refractivity contribution >= 4 is 27.7 Å². The Labute approximate surface area is 113 Å². The van der Waals surface area contributed by atoms with Gasteiger partial charge in [-0.15, -0.1) is 0 Å². The summed E-state index contributed by atoms with van der Waals surface area (Å²) >= 11 is 3.25. The first-order valence-electron chi connectivity index (χ1n) is 5.25. The average Bonchev–Trinajstić information content (AvgIpc) is 2.35. The summed E-state index contributed by atoms with van der Waals surface area (Å²) in [6.45, 7) is 3.76. The SMILES string of the molecule is CC(C)(CNC(=O)c1ncccc1Br)/C(N)=N/O. The molecule has 1 heterocycles. The van der Waals surface area contributed by atoms with E-state index in [0.717, 1.165) is 0 Å². The van der Waals surface area contributed by atoms with Gasteiger partial charge in [-0.05, 0) is 28.1 Å². The summed E-state index contributed by atoms with van der Waals surface area (Å²) in [5, 5.41) is 14.3. The van der Waals surface area contributed by atoms with Crippen LogP contribution in [0, 0.1) is 5.41 Å². The second-order valence-corrected chi connectivity index (χ2v) is 5.24. The van der Waals surface area contributed by atoms with E-state index in [4.69, 9.17) is 10.9 Å². The molecule has 0 spiro atoms. The number of oxime groups is 1. The Bertz CT molecular complexity index is 474. The van der Waals surface area contributed by atoms with Crippen molar-refractivity contribution < 1.29 is 10.0 Å². The molecular weight excluding hydrogens is 300 g/mol. The summed E-state index contributed by atoms with van der Waals surface area (Å²) in [5.74, 6) is -0.260. The van der Waals surface area contributed by atoms with Crippen molar-refractivity contribution in [1.29, 1.82) is 0 Å². The number of amides is 1. The Kier molecular flexibility index (Phi) is 4.66. The second kappa shape index (κ2) is 5.81. The number of amidine groups is 1. The molecule has 1 rings (SSSR count). The second-order valence-electron chi connectivity index (χ2n) is 4.39. The van der Waals surface area contributed by atoms with Gasteiger partial charge in [0, 0.05) is 22.6 Å². The van der Waals surface area contributed by atoms with Crippen LogP contribution in [0.25, 0.3) is 0 Å². The highest BCUT2D eigenvalue weighted by molar-refractivity contribution is 9.10. The highest BCUT2D eigenvalue weighted by Crippen LogP contribution is 2.16. The van der Waals surface area contributed by atoms with Gasteiger partial charge in [-0.25, -0.2) is 4.98 Å². The topological polar surface area (TPSA) is 101 Å². The van der Waals surface area contributed by atoms with E-state index in [2.05, 4.69) is 31.4 Å². The van der Waals surface area contributed by atoms with Crippen molar-refractivity contribution in [3.8, 4) is 0 Å². The fourth-order valence-electron chi connectivity index (χ4n) is 1.16. The van der Waals surface area contributed by atoms with E-state index in [0.29, 0.717) is 10.2 Å². The van der Waals surface area contributed by atoms with Gasteiger partial charge in [0.05, 0.1) is 0 Å². The minimum Gasteiger partial charge on any atom is -0.409 e. The van der Waals surface area contributed by atoms with Crippen molar-refractivity contribution in [2.24, 2.45) is 16.3 Å². The minimum absolute atomic E-state index is 0.0582. The number of nitrogens with one attached hydrogen (secondary N) is 1. The number of halogens is 1. The number of nitrogens with zero attached hydrogens (tertiary/aromatic N) is 2. The maximum atomic E-state index is 11.9. The smallest absolute Gasteiger partial charge is 0.271 e. The summed E-state index contributed by atoms with van der Waals surface area (Å²) < 4.78 is 0.615. The molecule has 0 saturated carbocycles. The number of rotatable bonds is 4. The van der Waals surface area contributed by atoms with E-state index >= 15 is 0 Å².